The molecule has 4 fully saturated rings. The van der Waals surface area contributed by atoms with Gasteiger partial charge in [0.1, 0.15) is 5.78 Å². The van der Waals surface area contributed by atoms with Gasteiger partial charge >= 0.3 is 0 Å². The first kappa shape index (κ1) is 24.0. The summed E-state index contributed by atoms with van der Waals surface area (Å²) in [4.78, 5) is 14.0. The van der Waals surface area contributed by atoms with Gasteiger partial charge in [0, 0.05) is 11.8 Å². The van der Waals surface area contributed by atoms with E-state index in [2.05, 4.69) is 54.5 Å². The van der Waals surface area contributed by atoms with Crippen LogP contribution in [-0.2, 0) is 4.79 Å². The monoisotopic (exact) mass is 456 g/mol. The van der Waals surface area contributed by atoms with E-state index in [1.54, 1.807) is 0 Å². The van der Waals surface area contributed by atoms with Crippen LogP contribution < -0.4 is 0 Å². The Balaban J connectivity index is 1.62. The van der Waals surface area contributed by atoms with E-state index < -0.39 is 5.41 Å². The van der Waals surface area contributed by atoms with Crippen molar-refractivity contribution in [3.63, 3.8) is 0 Å². The average Bonchev–Trinajstić information content (AvgIpc) is 2.71. The molecule has 8 atom stereocenters. The molecule has 3 heteroatoms. The predicted octanol–water partition coefficient (Wildman–Crippen LogP) is 6.32. The number of carbonyl (C=O) groups excluding carboxylic acids is 1. The molecule has 5 rings (SSSR count). The maximum Gasteiger partial charge on any atom is 0.142 e. The molecule has 0 bridgehead atoms. The minimum absolute atomic E-state index is 0.00596. The molecule has 0 spiro atoms. The van der Waals surface area contributed by atoms with Crippen LogP contribution in [0, 0.1) is 50.2 Å². The highest BCUT2D eigenvalue weighted by Crippen LogP contribution is 2.75. The Morgan fingerprint density at radius 3 is 2.30 bits per heavy atom. The van der Waals surface area contributed by atoms with Crippen LogP contribution in [0.4, 0.5) is 0 Å². The summed E-state index contributed by atoms with van der Waals surface area (Å²) >= 11 is 0. The number of allylic oxidation sites excluding steroid dienone is 2. The lowest BCUT2D eigenvalue weighted by Crippen LogP contribution is -2.66. The SMILES string of the molecule is CC1(C)CC[C@]2(CO)C(=O)C[C@]3(C)C(=CC[C@H]4[C@@]5(C)CC[C@H](O)C(C)(C)[C@@H]5CC[C@]43C)[C@@H]2C1. The molecule has 5 aliphatic rings. The third kappa shape index (κ3) is 2.85. The predicted molar refractivity (Wildman–Crippen MR) is 133 cm³/mol. The van der Waals surface area contributed by atoms with Crippen molar-refractivity contribution in [2.24, 2.45) is 50.2 Å². The molecule has 0 aromatic rings. The van der Waals surface area contributed by atoms with Gasteiger partial charge < -0.3 is 10.2 Å². The largest absolute Gasteiger partial charge is 0.395 e. The molecule has 33 heavy (non-hydrogen) atoms. The van der Waals surface area contributed by atoms with Crippen LogP contribution in [-0.4, -0.2) is 28.7 Å². The molecule has 0 heterocycles. The van der Waals surface area contributed by atoms with Crippen LogP contribution in [0.5, 0.6) is 0 Å². The van der Waals surface area contributed by atoms with Crippen molar-refractivity contribution in [2.45, 2.75) is 112 Å². The van der Waals surface area contributed by atoms with Crippen LogP contribution in [0.15, 0.2) is 11.6 Å². The normalized spacial score (nSPS) is 52.6. The fourth-order valence-electron chi connectivity index (χ4n) is 10.5. The summed E-state index contributed by atoms with van der Waals surface area (Å²) in [5.41, 5.74) is 1.27. The zero-order valence-corrected chi connectivity index (χ0v) is 22.3. The first-order chi connectivity index (χ1) is 15.2. The highest BCUT2D eigenvalue weighted by Gasteiger charge is 2.69. The second-order valence-electron chi connectivity index (χ2n) is 15.0. The fraction of sp³-hybridized carbons (Fsp3) is 0.900. The first-order valence-electron chi connectivity index (χ1n) is 13.7. The van der Waals surface area contributed by atoms with Crippen LogP contribution in [0.1, 0.15) is 106 Å². The number of carbonyl (C=O) groups is 1. The third-order valence-corrected chi connectivity index (χ3v) is 12.9. The van der Waals surface area contributed by atoms with Gasteiger partial charge in [-0.25, -0.2) is 0 Å². The van der Waals surface area contributed by atoms with Crippen LogP contribution in [0.3, 0.4) is 0 Å². The molecule has 0 aromatic carbocycles. The fourth-order valence-corrected chi connectivity index (χ4v) is 10.5. The molecule has 0 aromatic heterocycles. The average molecular weight is 457 g/mol. The highest BCUT2D eigenvalue weighted by molar-refractivity contribution is 5.89. The van der Waals surface area contributed by atoms with E-state index in [0.717, 1.165) is 51.4 Å². The second kappa shape index (κ2) is 6.96. The van der Waals surface area contributed by atoms with Gasteiger partial charge in [0.25, 0.3) is 0 Å². The van der Waals surface area contributed by atoms with Gasteiger partial charge in [0.15, 0.2) is 0 Å². The van der Waals surface area contributed by atoms with E-state index in [1.807, 2.05) is 0 Å². The maximum absolute atomic E-state index is 14.0. The zero-order chi connectivity index (χ0) is 24.2. The Morgan fingerprint density at radius 2 is 1.64 bits per heavy atom. The maximum atomic E-state index is 14.0. The van der Waals surface area contributed by atoms with Gasteiger partial charge in [-0.3, -0.25) is 4.79 Å². The van der Waals surface area contributed by atoms with E-state index >= 15 is 0 Å². The standard InChI is InChI=1S/C30H48O3/c1-25(2)14-15-30(18-31)20(16-25)19-8-9-22-27(5)12-11-23(32)26(3,4)21(27)10-13-28(22,6)29(19,7)17-24(30)33/h8,20-23,31-32H,9-18H2,1-7H3/t20-,21-,22-,23-,27-,28+,29+,30+/m0/s1. The molecule has 0 aliphatic heterocycles. The van der Waals surface area contributed by atoms with Gasteiger partial charge in [0.2, 0.25) is 0 Å². The van der Waals surface area contributed by atoms with Crippen LogP contribution in [0.2, 0.25) is 0 Å². The van der Waals surface area contributed by atoms with E-state index in [-0.39, 0.29) is 45.7 Å². The number of hydrogen-bond donors (Lipinski definition) is 2. The van der Waals surface area contributed by atoms with E-state index in [0.29, 0.717) is 24.0 Å². The van der Waals surface area contributed by atoms with E-state index in [9.17, 15) is 15.0 Å². The summed E-state index contributed by atoms with van der Waals surface area (Å²) in [6.07, 6.45) is 11.2. The molecule has 0 radical (unpaired) electrons. The van der Waals surface area contributed by atoms with Gasteiger partial charge in [-0.15, -0.1) is 0 Å². The summed E-state index contributed by atoms with van der Waals surface area (Å²) in [5, 5.41) is 21.5. The molecule has 2 N–H and O–H groups in total. The number of ketones is 1. The van der Waals surface area contributed by atoms with Crippen LogP contribution in [0.25, 0.3) is 0 Å². The minimum atomic E-state index is -0.553. The van der Waals surface area contributed by atoms with Crippen molar-refractivity contribution >= 4 is 5.78 Å². The molecule has 0 amide bonds. The summed E-state index contributed by atoms with van der Waals surface area (Å²) in [7, 11) is 0. The number of aliphatic hydroxyl groups excluding tert-OH is 2. The molecule has 3 nitrogen and oxygen atoms in total. The Bertz CT molecular complexity index is 885. The molecular formula is C30H48O3. The quantitative estimate of drug-likeness (QED) is 0.454. The Hall–Kier alpha value is -0.670. The topological polar surface area (TPSA) is 57.5 Å². The van der Waals surface area contributed by atoms with Crippen molar-refractivity contribution in [3.05, 3.63) is 11.6 Å². The van der Waals surface area contributed by atoms with Gasteiger partial charge in [-0.1, -0.05) is 60.1 Å². The third-order valence-electron chi connectivity index (χ3n) is 12.9. The Labute approximate surface area is 201 Å². The first-order valence-corrected chi connectivity index (χ1v) is 13.7. The van der Waals surface area contributed by atoms with Crippen molar-refractivity contribution in [2.75, 3.05) is 6.61 Å². The number of Topliss-reactive ketones (excluding diaryl/α,β-unsaturated/α-hetero) is 1. The molecular weight excluding hydrogens is 408 g/mol. The molecule has 4 saturated carbocycles. The van der Waals surface area contributed by atoms with Gasteiger partial charge in [0.05, 0.1) is 18.1 Å². The lowest BCUT2D eigenvalue weighted by atomic mass is 9.33. The summed E-state index contributed by atoms with van der Waals surface area (Å²) in [5.74, 6) is 1.58. The van der Waals surface area contributed by atoms with Crippen molar-refractivity contribution < 1.29 is 15.0 Å². The second-order valence-corrected chi connectivity index (χ2v) is 15.0. The van der Waals surface area contributed by atoms with Crippen LogP contribution >= 0.6 is 0 Å². The Morgan fingerprint density at radius 1 is 0.939 bits per heavy atom. The summed E-state index contributed by atoms with van der Waals surface area (Å²) < 4.78 is 0. The molecule has 186 valence electrons. The number of rotatable bonds is 1. The van der Waals surface area contributed by atoms with Gasteiger partial charge in [-0.05, 0) is 90.8 Å². The van der Waals surface area contributed by atoms with E-state index in [1.165, 1.54) is 5.57 Å². The van der Waals surface area contributed by atoms with Gasteiger partial charge in [-0.2, -0.15) is 0 Å². The van der Waals surface area contributed by atoms with Crippen molar-refractivity contribution in [1.29, 1.82) is 0 Å². The molecule has 0 unspecified atom stereocenters. The van der Waals surface area contributed by atoms with Crippen molar-refractivity contribution in [3.8, 4) is 0 Å². The summed E-state index contributed by atoms with van der Waals surface area (Å²) in [6, 6.07) is 0. The minimum Gasteiger partial charge on any atom is -0.395 e. The lowest BCUT2D eigenvalue weighted by Gasteiger charge is -2.71. The van der Waals surface area contributed by atoms with Crippen molar-refractivity contribution in [1.82, 2.24) is 0 Å². The zero-order valence-electron chi connectivity index (χ0n) is 22.3. The highest BCUT2D eigenvalue weighted by atomic mass is 16.3. The lowest BCUT2D eigenvalue weighted by molar-refractivity contribution is -0.204. The number of aliphatic hydroxyl groups is 2. The number of fused-ring (bicyclic) bond motifs is 7. The molecule has 5 aliphatic carbocycles. The number of hydrogen-bond acceptors (Lipinski definition) is 3. The summed E-state index contributed by atoms with van der Waals surface area (Å²) in [6.45, 7) is 16.7. The van der Waals surface area contributed by atoms with E-state index in [4.69, 9.17) is 0 Å². The molecule has 0 saturated heterocycles. The smallest absolute Gasteiger partial charge is 0.142 e. The Kier molecular flexibility index (Phi) is 5.07.